The third-order valence-corrected chi connectivity index (χ3v) is 4.88. The van der Waals surface area contributed by atoms with Gasteiger partial charge >= 0.3 is 5.97 Å². The van der Waals surface area contributed by atoms with Crippen LogP contribution in [0.15, 0.2) is 27.4 Å². The number of esters is 1. The molecule has 0 N–H and O–H groups in total. The molecule has 0 bridgehead atoms. The van der Waals surface area contributed by atoms with Gasteiger partial charge in [-0.25, -0.2) is 4.79 Å². The summed E-state index contributed by atoms with van der Waals surface area (Å²) in [6, 6.07) is 5.16. The summed E-state index contributed by atoms with van der Waals surface area (Å²) in [6.45, 7) is 9.72. The van der Waals surface area contributed by atoms with Crippen molar-refractivity contribution in [2.24, 2.45) is 0 Å². The summed E-state index contributed by atoms with van der Waals surface area (Å²) in [5.74, 6) is -0.135. The number of piperazine rings is 1. The van der Waals surface area contributed by atoms with Crippen molar-refractivity contribution in [1.82, 2.24) is 4.90 Å². The van der Waals surface area contributed by atoms with Crippen LogP contribution < -0.4 is 15.1 Å². The minimum atomic E-state index is -0.636. The fraction of sp³-hybridized carbons (Fsp3) is 0.500. The van der Waals surface area contributed by atoms with E-state index in [2.05, 4.69) is 23.6 Å². The van der Waals surface area contributed by atoms with Crippen LogP contribution >= 0.6 is 0 Å². The molecule has 0 radical (unpaired) electrons. The van der Waals surface area contributed by atoms with E-state index in [9.17, 15) is 9.59 Å². The molecule has 7 nitrogen and oxygen atoms in total. The van der Waals surface area contributed by atoms with Crippen molar-refractivity contribution in [3.63, 3.8) is 0 Å². The molecule has 0 amide bonds. The summed E-state index contributed by atoms with van der Waals surface area (Å²) in [5.41, 5.74) is 0.862. The van der Waals surface area contributed by atoms with E-state index in [0.717, 1.165) is 31.9 Å². The van der Waals surface area contributed by atoms with Crippen LogP contribution in [-0.2, 0) is 4.74 Å². The molecular formula is C20H26N2O5. The monoisotopic (exact) mass is 374 g/mol. The number of fused-ring (bicyclic) bond motifs is 1. The van der Waals surface area contributed by atoms with Gasteiger partial charge in [-0.3, -0.25) is 9.69 Å². The Labute approximate surface area is 158 Å². The van der Waals surface area contributed by atoms with Gasteiger partial charge in [-0.1, -0.05) is 0 Å². The number of carbonyl (C=O) groups is 1. The molecule has 0 atom stereocenters. The highest BCUT2D eigenvalue weighted by atomic mass is 16.5. The van der Waals surface area contributed by atoms with Gasteiger partial charge in [-0.15, -0.1) is 0 Å². The predicted molar refractivity (Wildman–Crippen MR) is 104 cm³/mol. The lowest BCUT2D eigenvalue weighted by Gasteiger charge is -2.38. The molecule has 2 heterocycles. The standard InChI is InChI=1S/C20H26N2O5/c1-5-26-20(24)18-12-17(23)15-10-14(25-4)11-16(19(15)27-18)22-8-6-21(7-9-22)13(2)3/h10-13H,5-9H2,1-4H3. The first-order valence-corrected chi connectivity index (χ1v) is 9.26. The number of hydrogen-bond acceptors (Lipinski definition) is 7. The van der Waals surface area contributed by atoms with Crippen LogP contribution in [0.25, 0.3) is 11.0 Å². The lowest BCUT2D eigenvalue weighted by atomic mass is 10.1. The average Bonchev–Trinajstić information content (AvgIpc) is 2.67. The minimum Gasteiger partial charge on any atom is -0.497 e. The third-order valence-electron chi connectivity index (χ3n) is 4.88. The Balaban J connectivity index is 2.07. The zero-order chi connectivity index (χ0) is 19.6. The molecule has 1 saturated heterocycles. The van der Waals surface area contributed by atoms with Gasteiger partial charge in [0.15, 0.2) is 11.0 Å². The smallest absolute Gasteiger partial charge is 0.374 e. The molecule has 0 saturated carbocycles. The van der Waals surface area contributed by atoms with E-state index in [1.807, 2.05) is 6.07 Å². The summed E-state index contributed by atoms with van der Waals surface area (Å²) < 4.78 is 16.2. The second kappa shape index (κ2) is 8.00. The SMILES string of the molecule is CCOC(=O)c1cc(=O)c2cc(OC)cc(N3CCN(C(C)C)CC3)c2o1. The number of nitrogens with zero attached hydrogens (tertiary/aromatic N) is 2. The molecule has 27 heavy (non-hydrogen) atoms. The number of benzene rings is 1. The van der Waals surface area contributed by atoms with Crippen molar-refractivity contribution in [3.05, 3.63) is 34.2 Å². The van der Waals surface area contributed by atoms with Crippen LogP contribution in [0.5, 0.6) is 5.75 Å². The Morgan fingerprint density at radius 1 is 1.19 bits per heavy atom. The summed E-state index contributed by atoms with van der Waals surface area (Å²) >= 11 is 0. The van der Waals surface area contributed by atoms with Crippen LogP contribution in [0.1, 0.15) is 31.3 Å². The zero-order valence-corrected chi connectivity index (χ0v) is 16.3. The Hall–Kier alpha value is -2.54. The fourth-order valence-corrected chi connectivity index (χ4v) is 3.35. The van der Waals surface area contributed by atoms with E-state index in [-0.39, 0.29) is 17.8 Å². The van der Waals surface area contributed by atoms with Gasteiger partial charge in [-0.2, -0.15) is 0 Å². The predicted octanol–water partition coefficient (Wildman–Crippen LogP) is 2.51. The topological polar surface area (TPSA) is 72.2 Å². The number of methoxy groups -OCH3 is 1. The van der Waals surface area contributed by atoms with Crippen LogP contribution in [-0.4, -0.2) is 56.8 Å². The van der Waals surface area contributed by atoms with Crippen LogP contribution in [0.4, 0.5) is 5.69 Å². The molecule has 1 aromatic carbocycles. The van der Waals surface area contributed by atoms with Crippen molar-refractivity contribution >= 4 is 22.6 Å². The molecule has 0 unspecified atom stereocenters. The molecule has 1 aliphatic rings. The maximum Gasteiger partial charge on any atom is 0.374 e. The lowest BCUT2D eigenvalue weighted by Crippen LogP contribution is -2.49. The van der Waals surface area contributed by atoms with Crippen molar-refractivity contribution < 1.29 is 18.7 Å². The molecule has 146 valence electrons. The number of rotatable bonds is 5. The molecule has 1 aromatic heterocycles. The van der Waals surface area contributed by atoms with Gasteiger partial charge in [0.1, 0.15) is 5.75 Å². The van der Waals surface area contributed by atoms with Crippen LogP contribution in [0, 0.1) is 0 Å². The van der Waals surface area contributed by atoms with E-state index in [0.29, 0.717) is 22.8 Å². The van der Waals surface area contributed by atoms with Crippen molar-refractivity contribution in [3.8, 4) is 5.75 Å². The summed E-state index contributed by atoms with van der Waals surface area (Å²) in [5, 5.41) is 0.392. The highest BCUT2D eigenvalue weighted by Crippen LogP contribution is 2.32. The van der Waals surface area contributed by atoms with E-state index >= 15 is 0 Å². The normalized spacial score (nSPS) is 15.4. The zero-order valence-electron chi connectivity index (χ0n) is 16.3. The number of hydrogen-bond donors (Lipinski definition) is 0. The second-order valence-corrected chi connectivity index (χ2v) is 6.84. The maximum absolute atomic E-state index is 12.6. The van der Waals surface area contributed by atoms with Crippen molar-refractivity contribution in [1.29, 1.82) is 0 Å². The Bertz CT molecular complexity index is 882. The largest absolute Gasteiger partial charge is 0.497 e. The highest BCUT2D eigenvalue weighted by molar-refractivity contribution is 5.94. The van der Waals surface area contributed by atoms with Gasteiger partial charge in [0.25, 0.3) is 0 Å². The van der Waals surface area contributed by atoms with E-state index < -0.39 is 5.97 Å². The molecule has 7 heteroatoms. The van der Waals surface area contributed by atoms with Gasteiger partial charge < -0.3 is 18.8 Å². The Morgan fingerprint density at radius 2 is 1.89 bits per heavy atom. The lowest BCUT2D eigenvalue weighted by molar-refractivity contribution is 0.0490. The summed E-state index contributed by atoms with van der Waals surface area (Å²) in [7, 11) is 1.57. The second-order valence-electron chi connectivity index (χ2n) is 6.84. The van der Waals surface area contributed by atoms with Crippen molar-refractivity contribution in [2.45, 2.75) is 26.8 Å². The van der Waals surface area contributed by atoms with E-state index in [1.165, 1.54) is 6.07 Å². The van der Waals surface area contributed by atoms with Gasteiger partial charge in [-0.05, 0) is 26.8 Å². The van der Waals surface area contributed by atoms with Crippen LogP contribution in [0.2, 0.25) is 0 Å². The number of carbonyl (C=O) groups excluding carboxylic acids is 1. The number of anilines is 1. The molecule has 1 aliphatic heterocycles. The van der Waals surface area contributed by atoms with Gasteiger partial charge in [0, 0.05) is 44.4 Å². The first-order valence-electron chi connectivity index (χ1n) is 9.26. The number of ether oxygens (including phenoxy) is 2. The van der Waals surface area contributed by atoms with E-state index in [4.69, 9.17) is 13.9 Å². The quantitative estimate of drug-likeness (QED) is 0.745. The van der Waals surface area contributed by atoms with Crippen molar-refractivity contribution in [2.75, 3.05) is 44.8 Å². The van der Waals surface area contributed by atoms with Crippen LogP contribution in [0.3, 0.4) is 0 Å². The first kappa shape index (κ1) is 19.2. The van der Waals surface area contributed by atoms with Gasteiger partial charge in [0.2, 0.25) is 5.76 Å². The third kappa shape index (κ3) is 3.93. The summed E-state index contributed by atoms with van der Waals surface area (Å²) in [6.07, 6.45) is 0. The molecule has 1 fully saturated rings. The minimum absolute atomic E-state index is 0.0819. The highest BCUT2D eigenvalue weighted by Gasteiger charge is 2.24. The molecule has 2 aromatic rings. The molecular weight excluding hydrogens is 348 g/mol. The van der Waals surface area contributed by atoms with E-state index in [1.54, 1.807) is 20.1 Å². The van der Waals surface area contributed by atoms with Gasteiger partial charge in [0.05, 0.1) is 24.8 Å². The molecule has 0 aliphatic carbocycles. The molecule has 3 rings (SSSR count). The average molecular weight is 374 g/mol. The molecule has 0 spiro atoms. The maximum atomic E-state index is 12.6. The Kier molecular flexibility index (Phi) is 5.70. The summed E-state index contributed by atoms with van der Waals surface area (Å²) in [4.78, 5) is 29.2. The first-order chi connectivity index (χ1) is 12.9. The Morgan fingerprint density at radius 3 is 2.48 bits per heavy atom. The fourth-order valence-electron chi connectivity index (χ4n) is 3.35.